The average molecular weight is 361 g/mol. The molecule has 5 nitrogen and oxygen atoms in total. The molecule has 0 heterocycles. The SMILES string of the molecule is CN(C)C(=O)CCOc1cc(Cl)c(S(=O)(=O)Cl)cc1Cl. The van der Waals surface area contributed by atoms with E-state index in [0.29, 0.717) is 0 Å². The van der Waals surface area contributed by atoms with Crippen molar-refractivity contribution in [3.05, 3.63) is 22.2 Å². The number of rotatable bonds is 5. The van der Waals surface area contributed by atoms with E-state index in [-0.39, 0.29) is 39.6 Å². The van der Waals surface area contributed by atoms with Gasteiger partial charge in [0, 0.05) is 30.8 Å². The van der Waals surface area contributed by atoms with E-state index in [2.05, 4.69) is 0 Å². The van der Waals surface area contributed by atoms with Gasteiger partial charge < -0.3 is 9.64 Å². The molecule has 9 heteroatoms. The molecule has 0 fully saturated rings. The molecule has 112 valence electrons. The molecule has 0 unspecified atom stereocenters. The molecule has 1 aromatic carbocycles. The van der Waals surface area contributed by atoms with Crippen LogP contribution in [0.3, 0.4) is 0 Å². The molecular formula is C11H12Cl3NO4S. The lowest BCUT2D eigenvalue weighted by molar-refractivity contribution is -0.129. The van der Waals surface area contributed by atoms with Gasteiger partial charge in [0.25, 0.3) is 9.05 Å². The molecule has 0 aliphatic rings. The third kappa shape index (κ3) is 4.70. The first-order valence-electron chi connectivity index (χ1n) is 5.39. The maximum absolute atomic E-state index is 11.4. The molecule has 0 saturated carbocycles. The van der Waals surface area contributed by atoms with Crippen molar-refractivity contribution in [1.29, 1.82) is 0 Å². The monoisotopic (exact) mass is 359 g/mol. The first-order chi connectivity index (χ1) is 9.12. The van der Waals surface area contributed by atoms with Crippen molar-refractivity contribution in [2.45, 2.75) is 11.3 Å². The second-order valence-electron chi connectivity index (χ2n) is 4.04. The Balaban J connectivity index is 2.84. The predicted molar refractivity (Wildman–Crippen MR) is 78.3 cm³/mol. The van der Waals surface area contributed by atoms with Crippen LogP contribution in [0.25, 0.3) is 0 Å². The van der Waals surface area contributed by atoms with E-state index in [0.717, 1.165) is 6.07 Å². The minimum absolute atomic E-state index is 0.0472. The molecule has 0 saturated heterocycles. The number of halogens is 3. The smallest absolute Gasteiger partial charge is 0.262 e. The second kappa shape index (κ2) is 6.85. The molecule has 0 aliphatic heterocycles. The molecule has 0 bridgehead atoms. The van der Waals surface area contributed by atoms with E-state index < -0.39 is 9.05 Å². The number of hydrogen-bond donors (Lipinski definition) is 0. The highest BCUT2D eigenvalue weighted by Crippen LogP contribution is 2.35. The Morgan fingerprint density at radius 3 is 2.35 bits per heavy atom. The standard InChI is InChI=1S/C11H12Cl3NO4S/c1-15(2)11(16)3-4-19-9-5-8(13)10(6-7(9)12)20(14,17)18/h5-6H,3-4H2,1-2H3. The maximum Gasteiger partial charge on any atom is 0.262 e. The van der Waals surface area contributed by atoms with Crippen molar-refractivity contribution in [2.24, 2.45) is 0 Å². The van der Waals surface area contributed by atoms with Crippen LogP contribution < -0.4 is 4.74 Å². The Kier molecular flexibility index (Phi) is 5.94. The number of ether oxygens (including phenoxy) is 1. The summed E-state index contributed by atoms with van der Waals surface area (Å²) in [4.78, 5) is 12.5. The number of nitrogens with zero attached hydrogens (tertiary/aromatic N) is 1. The fourth-order valence-corrected chi connectivity index (χ4v) is 3.07. The molecule has 0 atom stereocenters. The third-order valence-corrected chi connectivity index (χ3v) is 4.40. The molecule has 1 aromatic rings. The van der Waals surface area contributed by atoms with Gasteiger partial charge in [-0.1, -0.05) is 23.2 Å². The summed E-state index contributed by atoms with van der Waals surface area (Å²) in [6, 6.07) is 2.36. The molecule has 0 aromatic heterocycles. The van der Waals surface area contributed by atoms with Gasteiger partial charge in [0.2, 0.25) is 5.91 Å². The second-order valence-corrected chi connectivity index (χ2v) is 7.39. The highest BCUT2D eigenvalue weighted by Gasteiger charge is 2.18. The molecule has 1 rings (SSSR count). The Labute approximate surface area is 131 Å². The number of carbonyl (C=O) groups is 1. The summed E-state index contributed by atoms with van der Waals surface area (Å²) in [5, 5.41) is -0.0516. The highest BCUT2D eigenvalue weighted by molar-refractivity contribution is 8.13. The van der Waals surface area contributed by atoms with Crippen molar-refractivity contribution in [3.63, 3.8) is 0 Å². The van der Waals surface area contributed by atoms with Crippen LogP contribution in [0.4, 0.5) is 0 Å². The normalized spacial score (nSPS) is 11.2. The molecule has 0 spiro atoms. The summed E-state index contributed by atoms with van der Waals surface area (Å²) in [5.74, 6) is 0.0828. The fraction of sp³-hybridized carbons (Fsp3) is 0.364. The van der Waals surface area contributed by atoms with Gasteiger partial charge in [-0.2, -0.15) is 0 Å². The number of benzene rings is 1. The Morgan fingerprint density at radius 1 is 1.25 bits per heavy atom. The van der Waals surface area contributed by atoms with Crippen molar-refractivity contribution in [2.75, 3.05) is 20.7 Å². The van der Waals surface area contributed by atoms with Crippen LogP contribution in [0.15, 0.2) is 17.0 Å². The van der Waals surface area contributed by atoms with E-state index in [9.17, 15) is 13.2 Å². The van der Waals surface area contributed by atoms with Crippen LogP contribution in [0, 0.1) is 0 Å². The summed E-state index contributed by atoms with van der Waals surface area (Å²) in [6.45, 7) is 0.0973. The van der Waals surface area contributed by atoms with E-state index >= 15 is 0 Å². The van der Waals surface area contributed by atoms with Crippen LogP contribution in [-0.2, 0) is 13.8 Å². The lowest BCUT2D eigenvalue weighted by Gasteiger charge is -2.12. The minimum Gasteiger partial charge on any atom is -0.491 e. The van der Waals surface area contributed by atoms with Crippen molar-refractivity contribution < 1.29 is 17.9 Å². The van der Waals surface area contributed by atoms with Crippen LogP contribution in [0.5, 0.6) is 5.75 Å². The van der Waals surface area contributed by atoms with Gasteiger partial charge in [0.05, 0.1) is 23.1 Å². The quantitative estimate of drug-likeness (QED) is 0.757. The molecule has 1 amide bonds. The number of amides is 1. The molecule has 0 N–H and O–H groups in total. The summed E-state index contributed by atoms with van der Waals surface area (Å²) in [6.07, 6.45) is 0.163. The average Bonchev–Trinajstić information content (AvgIpc) is 2.31. The molecule has 0 radical (unpaired) electrons. The maximum atomic E-state index is 11.4. The van der Waals surface area contributed by atoms with Gasteiger partial charge in [0.15, 0.2) is 0 Å². The van der Waals surface area contributed by atoms with Gasteiger partial charge in [-0.25, -0.2) is 8.42 Å². The zero-order chi connectivity index (χ0) is 15.5. The van der Waals surface area contributed by atoms with Gasteiger partial charge in [-0.05, 0) is 6.07 Å². The van der Waals surface area contributed by atoms with Crippen LogP contribution in [0.2, 0.25) is 10.0 Å². The van der Waals surface area contributed by atoms with Crippen molar-refractivity contribution >= 4 is 48.8 Å². The number of hydrogen-bond acceptors (Lipinski definition) is 4. The Morgan fingerprint density at radius 2 is 1.85 bits per heavy atom. The van der Waals surface area contributed by atoms with Crippen LogP contribution in [-0.4, -0.2) is 39.9 Å². The zero-order valence-corrected chi connectivity index (χ0v) is 13.8. The van der Waals surface area contributed by atoms with E-state index in [1.807, 2.05) is 0 Å². The van der Waals surface area contributed by atoms with Gasteiger partial charge in [-0.3, -0.25) is 4.79 Å². The van der Waals surface area contributed by atoms with Crippen LogP contribution >= 0.6 is 33.9 Å². The predicted octanol–water partition coefficient (Wildman–Crippen LogP) is 2.78. The molecular weight excluding hydrogens is 349 g/mol. The summed E-state index contributed by atoms with van der Waals surface area (Å²) >= 11 is 11.7. The molecule has 0 aliphatic carbocycles. The molecule has 20 heavy (non-hydrogen) atoms. The summed E-state index contributed by atoms with van der Waals surface area (Å²) in [5.41, 5.74) is 0. The fourth-order valence-electron chi connectivity index (χ4n) is 1.28. The summed E-state index contributed by atoms with van der Waals surface area (Å²) in [7, 11) is 4.49. The van der Waals surface area contributed by atoms with Crippen molar-refractivity contribution in [1.82, 2.24) is 4.90 Å². The van der Waals surface area contributed by atoms with E-state index in [1.165, 1.54) is 11.0 Å². The Hall–Kier alpha value is -0.690. The first kappa shape index (κ1) is 17.4. The lowest BCUT2D eigenvalue weighted by atomic mass is 10.3. The third-order valence-electron chi connectivity index (χ3n) is 2.32. The van der Waals surface area contributed by atoms with E-state index in [4.69, 9.17) is 38.6 Å². The summed E-state index contributed by atoms with van der Waals surface area (Å²) < 4.78 is 27.8. The number of carbonyl (C=O) groups excluding carboxylic acids is 1. The lowest BCUT2D eigenvalue weighted by Crippen LogP contribution is -2.23. The largest absolute Gasteiger partial charge is 0.491 e. The highest BCUT2D eigenvalue weighted by atomic mass is 35.7. The van der Waals surface area contributed by atoms with Crippen LogP contribution in [0.1, 0.15) is 6.42 Å². The minimum atomic E-state index is -3.98. The topological polar surface area (TPSA) is 63.7 Å². The first-order valence-corrected chi connectivity index (χ1v) is 8.46. The van der Waals surface area contributed by atoms with Gasteiger partial charge in [0.1, 0.15) is 10.6 Å². The van der Waals surface area contributed by atoms with Crippen molar-refractivity contribution in [3.8, 4) is 5.75 Å². The zero-order valence-electron chi connectivity index (χ0n) is 10.7. The van der Waals surface area contributed by atoms with Gasteiger partial charge in [-0.15, -0.1) is 0 Å². The Bertz CT molecular complexity index is 616. The van der Waals surface area contributed by atoms with E-state index in [1.54, 1.807) is 14.1 Å². The van der Waals surface area contributed by atoms with Gasteiger partial charge >= 0.3 is 0 Å².